The number of hydrogen-bond acceptors (Lipinski definition) is 10. The number of aromatic nitrogens is 8. The van der Waals surface area contributed by atoms with Crippen LogP contribution in [0.2, 0.25) is 10.2 Å². The highest BCUT2D eigenvalue weighted by molar-refractivity contribution is 6.32. The van der Waals surface area contributed by atoms with Crippen molar-refractivity contribution < 1.29 is 19.1 Å². The number of carbonyl (C=O) groups excluding carboxylic acids is 3. The summed E-state index contributed by atoms with van der Waals surface area (Å²) in [5.74, 6) is -0.0381. The average molecular weight is 677 g/mol. The van der Waals surface area contributed by atoms with Gasteiger partial charge in [0.2, 0.25) is 11.8 Å². The average Bonchev–Trinajstić information content (AvgIpc) is 3.74. The number of rotatable bonds is 10. The summed E-state index contributed by atoms with van der Waals surface area (Å²) in [6, 6.07) is 10.6. The van der Waals surface area contributed by atoms with Gasteiger partial charge in [0, 0.05) is 36.3 Å². The van der Waals surface area contributed by atoms with E-state index >= 15 is 0 Å². The largest absolute Gasteiger partial charge is 0.412 e. The number of carbonyl (C=O) groups is 3. The molecule has 2 aromatic carbocycles. The second kappa shape index (κ2) is 14.6. The van der Waals surface area contributed by atoms with Crippen molar-refractivity contribution in [3.05, 3.63) is 94.5 Å². The van der Waals surface area contributed by atoms with Gasteiger partial charge in [-0.05, 0) is 65.9 Å². The maximum absolute atomic E-state index is 13.4. The van der Waals surface area contributed by atoms with Gasteiger partial charge in [-0.25, -0.2) is 14.8 Å². The quantitative estimate of drug-likeness (QED) is 0.182. The molecule has 0 bridgehead atoms. The lowest BCUT2D eigenvalue weighted by atomic mass is 10.1. The lowest BCUT2D eigenvalue weighted by Crippen LogP contribution is -2.35. The second-order valence-electron chi connectivity index (χ2n) is 9.97. The number of benzene rings is 2. The van der Waals surface area contributed by atoms with Crippen LogP contribution >= 0.6 is 23.2 Å². The van der Waals surface area contributed by atoms with Crippen molar-refractivity contribution in [2.75, 3.05) is 19.0 Å². The van der Waals surface area contributed by atoms with E-state index in [9.17, 15) is 14.4 Å². The topological polar surface area (TPSA) is 186 Å². The number of amides is 3. The predicted molar refractivity (Wildman–Crippen MR) is 173 cm³/mol. The van der Waals surface area contributed by atoms with Gasteiger partial charge in [0.15, 0.2) is 5.82 Å². The predicted octanol–water partition coefficient (Wildman–Crippen LogP) is 4.10. The standard InChI is InChI=1S/C30H27Cl2N11O4/c1-17-14-35-24(15-34-17)42(3)26(45)13-22(29-38-27(28(32)39-29)18-4-8-21(9-5-18)47-30(46)33-2)37-25(44)11-6-19-12-20(31)7-10-23(19)43-16-36-40-41-43/h4-12,14-16,22H,13H2,1-3H3,(H,33,46)(H,37,44)(H,38,39)/b11-6+/t22-/m0/s1. The third-order valence-corrected chi connectivity index (χ3v) is 7.24. The van der Waals surface area contributed by atoms with E-state index in [0.29, 0.717) is 44.8 Å². The Balaban J connectivity index is 1.41. The number of aromatic amines is 1. The number of halogens is 2. The molecular formula is C30H27Cl2N11O4. The van der Waals surface area contributed by atoms with Crippen molar-refractivity contribution in [3.63, 3.8) is 0 Å². The Kier molecular flexibility index (Phi) is 10.2. The molecule has 17 heteroatoms. The van der Waals surface area contributed by atoms with Crippen LogP contribution in [-0.4, -0.2) is 72.1 Å². The molecule has 47 heavy (non-hydrogen) atoms. The van der Waals surface area contributed by atoms with Crippen molar-refractivity contribution in [1.82, 2.24) is 50.8 Å². The zero-order valence-corrected chi connectivity index (χ0v) is 26.7. The Hall–Kier alpha value is -5.67. The molecule has 3 heterocycles. The molecule has 0 saturated carbocycles. The van der Waals surface area contributed by atoms with E-state index in [1.54, 1.807) is 68.7 Å². The number of tetrazole rings is 1. The second-order valence-corrected chi connectivity index (χ2v) is 10.8. The number of nitrogens with one attached hydrogen (secondary N) is 3. The van der Waals surface area contributed by atoms with E-state index in [0.717, 1.165) is 0 Å². The van der Waals surface area contributed by atoms with Gasteiger partial charge in [-0.1, -0.05) is 23.2 Å². The molecule has 5 rings (SSSR count). The van der Waals surface area contributed by atoms with Crippen LogP contribution in [0, 0.1) is 6.92 Å². The third-order valence-electron chi connectivity index (χ3n) is 6.73. The summed E-state index contributed by atoms with van der Waals surface area (Å²) < 4.78 is 6.57. The lowest BCUT2D eigenvalue weighted by Gasteiger charge is -2.20. The molecule has 0 unspecified atom stereocenters. The normalized spacial score (nSPS) is 11.7. The minimum Gasteiger partial charge on any atom is -0.410 e. The van der Waals surface area contributed by atoms with Crippen LogP contribution in [0.5, 0.6) is 5.75 Å². The number of H-pyrrole nitrogens is 1. The SMILES string of the molecule is CNC(=O)Oc1ccc(-c2nc([C@H](CC(=O)N(C)c3cnc(C)cn3)NC(=O)/C=C/c3cc(Cl)ccc3-n3cnnn3)[nH]c2Cl)cc1. The Bertz CT molecular complexity index is 1910. The van der Waals surface area contributed by atoms with E-state index in [2.05, 4.69) is 46.1 Å². The fourth-order valence-corrected chi connectivity index (χ4v) is 4.73. The summed E-state index contributed by atoms with van der Waals surface area (Å²) in [6.45, 7) is 1.79. The monoisotopic (exact) mass is 675 g/mol. The van der Waals surface area contributed by atoms with Crippen LogP contribution in [-0.2, 0) is 9.59 Å². The number of hydrogen-bond donors (Lipinski definition) is 3. The van der Waals surface area contributed by atoms with Gasteiger partial charge in [0.05, 0.1) is 36.2 Å². The molecule has 0 fully saturated rings. The Morgan fingerprint density at radius 2 is 1.89 bits per heavy atom. The van der Waals surface area contributed by atoms with Crippen molar-refractivity contribution in [2.24, 2.45) is 0 Å². The number of nitrogens with zero attached hydrogens (tertiary/aromatic N) is 8. The zero-order chi connectivity index (χ0) is 33.5. The maximum atomic E-state index is 13.4. The van der Waals surface area contributed by atoms with Crippen LogP contribution in [0.15, 0.2) is 67.3 Å². The molecule has 0 radical (unpaired) electrons. The van der Waals surface area contributed by atoms with E-state index in [4.69, 9.17) is 27.9 Å². The number of imidazole rings is 1. The first-order valence-corrected chi connectivity index (χ1v) is 14.7. The van der Waals surface area contributed by atoms with Crippen molar-refractivity contribution in [2.45, 2.75) is 19.4 Å². The molecule has 3 N–H and O–H groups in total. The Morgan fingerprint density at radius 3 is 2.57 bits per heavy atom. The smallest absolute Gasteiger partial charge is 0.410 e. The molecule has 3 amide bonds. The zero-order valence-electron chi connectivity index (χ0n) is 25.2. The van der Waals surface area contributed by atoms with Crippen LogP contribution in [0.1, 0.15) is 29.5 Å². The van der Waals surface area contributed by atoms with Crippen LogP contribution in [0.3, 0.4) is 0 Å². The van der Waals surface area contributed by atoms with Crippen LogP contribution in [0.25, 0.3) is 23.0 Å². The van der Waals surface area contributed by atoms with Crippen molar-refractivity contribution >= 4 is 53.0 Å². The van der Waals surface area contributed by atoms with Gasteiger partial charge >= 0.3 is 6.09 Å². The first kappa shape index (κ1) is 32.7. The minimum atomic E-state index is -0.944. The highest BCUT2D eigenvalue weighted by Crippen LogP contribution is 2.30. The highest BCUT2D eigenvalue weighted by atomic mass is 35.5. The first-order valence-electron chi connectivity index (χ1n) is 13.9. The fraction of sp³-hybridized carbons (Fsp3) is 0.167. The minimum absolute atomic E-state index is 0.171. The molecule has 15 nitrogen and oxygen atoms in total. The molecule has 5 aromatic rings. The van der Waals surface area contributed by atoms with Gasteiger partial charge in [-0.2, -0.15) is 4.68 Å². The summed E-state index contributed by atoms with van der Waals surface area (Å²) in [6.07, 6.45) is 6.47. The molecule has 0 spiro atoms. The van der Waals surface area contributed by atoms with E-state index < -0.39 is 18.0 Å². The van der Waals surface area contributed by atoms with Gasteiger partial charge in [0.25, 0.3) is 0 Å². The molecular weight excluding hydrogens is 649 g/mol. The summed E-state index contributed by atoms with van der Waals surface area (Å²) in [4.78, 5) is 55.7. The lowest BCUT2D eigenvalue weighted by molar-refractivity contribution is -0.120. The molecule has 0 saturated heterocycles. The third kappa shape index (κ3) is 8.14. The van der Waals surface area contributed by atoms with E-state index in [-0.39, 0.29) is 23.3 Å². The van der Waals surface area contributed by atoms with Gasteiger partial charge in [-0.3, -0.25) is 19.5 Å². The molecule has 0 aliphatic carbocycles. The first-order chi connectivity index (χ1) is 22.6. The number of aryl methyl sites for hydroxylation is 1. The molecule has 1 atom stereocenters. The Labute approximate surface area is 278 Å². The summed E-state index contributed by atoms with van der Waals surface area (Å²) in [7, 11) is 3.01. The van der Waals surface area contributed by atoms with E-state index in [1.165, 1.54) is 35.2 Å². The van der Waals surface area contributed by atoms with Crippen molar-refractivity contribution in [3.8, 4) is 22.7 Å². The molecule has 0 aliphatic heterocycles. The number of anilines is 1. The number of ether oxygens (including phenoxy) is 1. The van der Waals surface area contributed by atoms with Gasteiger partial charge in [0.1, 0.15) is 28.7 Å². The summed E-state index contributed by atoms with van der Waals surface area (Å²) >= 11 is 12.8. The van der Waals surface area contributed by atoms with Crippen molar-refractivity contribution in [1.29, 1.82) is 0 Å². The summed E-state index contributed by atoms with van der Waals surface area (Å²) in [5.41, 5.74) is 2.81. The molecule has 0 aliphatic rings. The molecule has 3 aromatic heterocycles. The summed E-state index contributed by atoms with van der Waals surface area (Å²) in [5, 5.41) is 17.0. The van der Waals surface area contributed by atoms with Crippen LogP contribution in [0.4, 0.5) is 10.6 Å². The van der Waals surface area contributed by atoms with Gasteiger partial charge < -0.3 is 20.4 Å². The molecule has 240 valence electrons. The van der Waals surface area contributed by atoms with Crippen LogP contribution < -0.4 is 20.3 Å². The van der Waals surface area contributed by atoms with E-state index in [1.807, 2.05) is 0 Å². The maximum Gasteiger partial charge on any atom is 0.412 e. The van der Waals surface area contributed by atoms with Gasteiger partial charge in [-0.15, -0.1) is 5.10 Å². The fourth-order valence-electron chi connectivity index (χ4n) is 4.30. The highest BCUT2D eigenvalue weighted by Gasteiger charge is 2.26. The Morgan fingerprint density at radius 1 is 1.11 bits per heavy atom.